The number of hydrogen-bond acceptors (Lipinski definition) is 4. The first-order valence-corrected chi connectivity index (χ1v) is 7.37. The molecule has 19 heavy (non-hydrogen) atoms. The van der Waals surface area contributed by atoms with Crippen molar-refractivity contribution < 1.29 is 9.47 Å². The van der Waals surface area contributed by atoms with E-state index in [9.17, 15) is 0 Å². The molecule has 4 nitrogen and oxygen atoms in total. The molecule has 0 aliphatic carbocycles. The summed E-state index contributed by atoms with van der Waals surface area (Å²) in [5.74, 6) is 0. The Labute approximate surface area is 119 Å². The fourth-order valence-electron chi connectivity index (χ4n) is 2.01. The molecule has 0 heterocycles. The van der Waals surface area contributed by atoms with E-state index in [4.69, 9.17) is 9.47 Å². The molecule has 0 aromatic rings. The summed E-state index contributed by atoms with van der Waals surface area (Å²) >= 11 is 0. The van der Waals surface area contributed by atoms with Crippen molar-refractivity contribution in [2.75, 3.05) is 47.1 Å². The molecule has 0 saturated heterocycles. The lowest BCUT2D eigenvalue weighted by Crippen LogP contribution is -2.40. The lowest BCUT2D eigenvalue weighted by atomic mass is 10.1. The van der Waals surface area contributed by atoms with Crippen LogP contribution in [-0.2, 0) is 9.47 Å². The molecule has 0 amide bonds. The van der Waals surface area contributed by atoms with Crippen LogP contribution in [0, 0.1) is 0 Å². The normalized spacial score (nSPS) is 14.1. The molecule has 0 spiro atoms. The first-order valence-electron chi connectivity index (χ1n) is 7.37. The Morgan fingerprint density at radius 1 is 1.05 bits per heavy atom. The maximum absolute atomic E-state index is 5.24. The van der Waals surface area contributed by atoms with E-state index >= 15 is 0 Å². The Morgan fingerprint density at radius 3 is 2.26 bits per heavy atom. The number of unbranched alkanes of at least 4 members (excludes halogenated alkanes) is 1. The summed E-state index contributed by atoms with van der Waals surface area (Å²) in [7, 11) is 3.52. The second-order valence-electron chi connectivity index (χ2n) is 6.22. The van der Waals surface area contributed by atoms with Gasteiger partial charge in [0.25, 0.3) is 0 Å². The van der Waals surface area contributed by atoms with Gasteiger partial charge < -0.3 is 14.8 Å². The second-order valence-corrected chi connectivity index (χ2v) is 6.22. The van der Waals surface area contributed by atoms with Gasteiger partial charge in [-0.25, -0.2) is 0 Å². The standard InChI is InChI=1S/C15H34N2O2/c1-14(13-19-6)17(11-12-18-5)10-8-7-9-16-15(2,3)4/h14,16H,7-13H2,1-6H3. The number of methoxy groups -OCH3 is 2. The monoisotopic (exact) mass is 274 g/mol. The highest BCUT2D eigenvalue weighted by Gasteiger charge is 2.13. The quantitative estimate of drug-likeness (QED) is 0.585. The number of nitrogens with one attached hydrogen (secondary N) is 1. The SMILES string of the molecule is COCCN(CCCCNC(C)(C)C)C(C)COC. The Bertz CT molecular complexity index is 205. The van der Waals surface area contributed by atoms with E-state index in [0.717, 1.165) is 32.8 Å². The Balaban J connectivity index is 3.85. The van der Waals surface area contributed by atoms with Gasteiger partial charge in [0.1, 0.15) is 0 Å². The molecule has 116 valence electrons. The van der Waals surface area contributed by atoms with Crippen molar-refractivity contribution in [2.45, 2.75) is 52.1 Å². The van der Waals surface area contributed by atoms with E-state index in [0.29, 0.717) is 6.04 Å². The van der Waals surface area contributed by atoms with Gasteiger partial charge >= 0.3 is 0 Å². The van der Waals surface area contributed by atoms with Crippen LogP contribution in [0.25, 0.3) is 0 Å². The lowest BCUT2D eigenvalue weighted by Gasteiger charge is -2.28. The molecule has 0 aliphatic rings. The molecule has 1 N–H and O–H groups in total. The summed E-state index contributed by atoms with van der Waals surface area (Å²) < 4.78 is 10.4. The summed E-state index contributed by atoms with van der Waals surface area (Å²) in [6, 6.07) is 0.454. The zero-order valence-corrected chi connectivity index (χ0v) is 13.8. The molecule has 0 aromatic heterocycles. The average molecular weight is 274 g/mol. The van der Waals surface area contributed by atoms with Crippen LogP contribution < -0.4 is 5.32 Å². The van der Waals surface area contributed by atoms with Gasteiger partial charge in [-0.3, -0.25) is 4.90 Å². The summed E-state index contributed by atoms with van der Waals surface area (Å²) in [6.07, 6.45) is 2.42. The Hall–Kier alpha value is -0.160. The average Bonchev–Trinajstić information content (AvgIpc) is 2.31. The molecule has 0 bridgehead atoms. The minimum atomic E-state index is 0.221. The molecule has 1 unspecified atom stereocenters. The minimum absolute atomic E-state index is 0.221. The molecule has 4 heteroatoms. The van der Waals surface area contributed by atoms with Crippen molar-refractivity contribution in [1.29, 1.82) is 0 Å². The summed E-state index contributed by atoms with van der Waals surface area (Å²) in [5, 5.41) is 3.53. The van der Waals surface area contributed by atoms with Crippen LogP contribution in [0.4, 0.5) is 0 Å². The maximum Gasteiger partial charge on any atom is 0.0615 e. The molecule has 0 saturated carbocycles. The highest BCUT2D eigenvalue weighted by molar-refractivity contribution is 4.71. The predicted octanol–water partition coefficient (Wildman–Crippen LogP) is 2.14. The van der Waals surface area contributed by atoms with Gasteiger partial charge in [-0.15, -0.1) is 0 Å². The van der Waals surface area contributed by atoms with Crippen molar-refractivity contribution in [3.8, 4) is 0 Å². The van der Waals surface area contributed by atoms with Gasteiger partial charge in [-0.05, 0) is 53.6 Å². The van der Waals surface area contributed by atoms with Crippen LogP contribution in [0.5, 0.6) is 0 Å². The molecule has 0 radical (unpaired) electrons. The fraction of sp³-hybridized carbons (Fsp3) is 1.00. The molecule has 1 atom stereocenters. The zero-order valence-electron chi connectivity index (χ0n) is 13.8. The van der Waals surface area contributed by atoms with Gasteiger partial charge in [0.15, 0.2) is 0 Å². The van der Waals surface area contributed by atoms with E-state index < -0.39 is 0 Å². The Kier molecular flexibility index (Phi) is 10.5. The highest BCUT2D eigenvalue weighted by atomic mass is 16.5. The van der Waals surface area contributed by atoms with Crippen LogP contribution in [0.2, 0.25) is 0 Å². The predicted molar refractivity (Wildman–Crippen MR) is 81.8 cm³/mol. The third-order valence-electron chi connectivity index (χ3n) is 3.14. The number of hydrogen-bond donors (Lipinski definition) is 1. The van der Waals surface area contributed by atoms with Crippen LogP contribution in [0.15, 0.2) is 0 Å². The van der Waals surface area contributed by atoms with E-state index in [1.807, 2.05) is 0 Å². The molecule has 0 aliphatic heterocycles. The van der Waals surface area contributed by atoms with Crippen LogP contribution in [0.1, 0.15) is 40.5 Å². The van der Waals surface area contributed by atoms with E-state index in [1.165, 1.54) is 12.8 Å². The maximum atomic E-state index is 5.24. The smallest absolute Gasteiger partial charge is 0.0615 e. The molecular weight excluding hydrogens is 240 g/mol. The summed E-state index contributed by atoms with van der Waals surface area (Å²) in [4.78, 5) is 2.45. The first kappa shape index (κ1) is 18.8. The number of rotatable bonds is 11. The van der Waals surface area contributed by atoms with Gasteiger partial charge in [-0.2, -0.15) is 0 Å². The van der Waals surface area contributed by atoms with Crippen LogP contribution in [0.3, 0.4) is 0 Å². The van der Waals surface area contributed by atoms with Crippen molar-refractivity contribution in [3.63, 3.8) is 0 Å². The highest BCUT2D eigenvalue weighted by Crippen LogP contribution is 2.04. The summed E-state index contributed by atoms with van der Waals surface area (Å²) in [6.45, 7) is 13.6. The van der Waals surface area contributed by atoms with Gasteiger partial charge in [0, 0.05) is 32.3 Å². The van der Waals surface area contributed by atoms with Gasteiger partial charge in [0.2, 0.25) is 0 Å². The van der Waals surface area contributed by atoms with Crippen LogP contribution >= 0.6 is 0 Å². The largest absolute Gasteiger partial charge is 0.383 e. The summed E-state index contributed by atoms with van der Waals surface area (Å²) in [5.41, 5.74) is 0.221. The van der Waals surface area contributed by atoms with Crippen LogP contribution in [-0.4, -0.2) is 63.5 Å². The van der Waals surface area contributed by atoms with E-state index in [1.54, 1.807) is 14.2 Å². The molecule has 0 rings (SSSR count). The van der Waals surface area contributed by atoms with Crippen molar-refractivity contribution >= 4 is 0 Å². The van der Waals surface area contributed by atoms with Crippen molar-refractivity contribution in [1.82, 2.24) is 10.2 Å². The molecule has 0 fully saturated rings. The van der Waals surface area contributed by atoms with Crippen molar-refractivity contribution in [3.05, 3.63) is 0 Å². The zero-order chi connectivity index (χ0) is 14.7. The minimum Gasteiger partial charge on any atom is -0.383 e. The van der Waals surface area contributed by atoms with Crippen molar-refractivity contribution in [2.24, 2.45) is 0 Å². The molecule has 0 aromatic carbocycles. The topological polar surface area (TPSA) is 33.7 Å². The Morgan fingerprint density at radius 2 is 1.74 bits per heavy atom. The van der Waals surface area contributed by atoms with E-state index in [2.05, 4.69) is 37.9 Å². The van der Waals surface area contributed by atoms with E-state index in [-0.39, 0.29) is 5.54 Å². The third kappa shape index (κ3) is 11.4. The van der Waals surface area contributed by atoms with Gasteiger partial charge in [0.05, 0.1) is 13.2 Å². The fourth-order valence-corrected chi connectivity index (χ4v) is 2.01. The molecular formula is C15H34N2O2. The lowest BCUT2D eigenvalue weighted by molar-refractivity contribution is 0.0740. The first-order chi connectivity index (χ1) is 8.90. The number of ether oxygens (including phenoxy) is 2. The second kappa shape index (κ2) is 10.6. The van der Waals surface area contributed by atoms with Gasteiger partial charge in [-0.1, -0.05) is 0 Å². The third-order valence-corrected chi connectivity index (χ3v) is 3.14. The number of nitrogens with zero attached hydrogens (tertiary/aromatic N) is 1.